The van der Waals surface area contributed by atoms with Gasteiger partial charge in [-0.3, -0.25) is 37.5 Å². The van der Waals surface area contributed by atoms with Gasteiger partial charge in [-0.1, -0.05) is 13.8 Å². The van der Waals surface area contributed by atoms with Crippen molar-refractivity contribution in [1.29, 1.82) is 0 Å². The van der Waals surface area contributed by atoms with E-state index in [1.807, 2.05) is 0 Å². The molecule has 0 radical (unpaired) electrons. The van der Waals surface area contributed by atoms with Crippen LogP contribution in [0.25, 0.3) is 11.2 Å². The van der Waals surface area contributed by atoms with Crippen molar-refractivity contribution in [3.8, 4) is 0 Å². The fourth-order valence-corrected chi connectivity index (χ4v) is 6.46. The van der Waals surface area contributed by atoms with Gasteiger partial charge in [0.05, 0.1) is 32.1 Å². The third-order valence-electron chi connectivity index (χ3n) is 6.25. The van der Waals surface area contributed by atoms with Gasteiger partial charge < -0.3 is 25.6 Å². The van der Waals surface area contributed by atoms with E-state index in [4.69, 9.17) is 28.8 Å². The summed E-state index contributed by atoms with van der Waals surface area (Å²) in [6.07, 6.45) is -5.49. The Morgan fingerprint density at radius 1 is 1.44 bits per heavy atom. The molecule has 5 N–H and O–H groups in total. The van der Waals surface area contributed by atoms with Gasteiger partial charge in [0.25, 0.3) is 5.56 Å². The molecule has 19 heteroatoms. The number of aliphatic hydroxyl groups excluding tert-OH is 1. The first-order chi connectivity index (χ1) is 19.0. The molecule has 4 rings (SSSR count). The van der Waals surface area contributed by atoms with Gasteiger partial charge in [-0.05, 0) is 29.8 Å². The minimum absolute atomic E-state index is 0.0466. The summed E-state index contributed by atoms with van der Waals surface area (Å²) in [5.74, 6) is -1.41. The maximum absolute atomic E-state index is 15.7. The zero-order valence-electron chi connectivity index (χ0n) is 22.5. The van der Waals surface area contributed by atoms with Crippen LogP contribution >= 0.6 is 23.8 Å². The highest BCUT2D eigenvalue weighted by Crippen LogP contribution is 2.58. The number of nitrogens with two attached hydrogens (primary N) is 1. The maximum atomic E-state index is 15.7. The first kappa shape index (κ1) is 31.5. The molecule has 0 bridgehead atoms. The van der Waals surface area contributed by atoms with E-state index in [0.717, 1.165) is 10.9 Å². The molecule has 4 heterocycles. The second-order valence-electron chi connectivity index (χ2n) is 10.5. The van der Waals surface area contributed by atoms with Crippen LogP contribution in [0, 0.1) is 5.41 Å². The normalized spacial score (nSPS) is 31.4. The number of aliphatic hydroxyl groups is 1. The van der Waals surface area contributed by atoms with Crippen molar-refractivity contribution < 1.29 is 46.7 Å². The number of alkyl halides is 2. The molecular formula is C22H31BrFN6O10P. The summed E-state index contributed by atoms with van der Waals surface area (Å²) in [7, 11) is -4.40. The molecular weight excluding hydrogens is 638 g/mol. The van der Waals surface area contributed by atoms with Gasteiger partial charge in [0.1, 0.15) is 12.2 Å². The first-order valence-electron chi connectivity index (χ1n) is 12.5. The summed E-state index contributed by atoms with van der Waals surface area (Å²) in [5, 5.41) is 13.2. The molecule has 2 aliphatic heterocycles. The molecule has 2 aliphatic rings. The van der Waals surface area contributed by atoms with E-state index in [9.17, 15) is 24.1 Å². The lowest BCUT2D eigenvalue weighted by Gasteiger charge is -2.39. The predicted octanol–water partition coefficient (Wildman–Crippen LogP) is 1.05. The average molecular weight is 669 g/mol. The van der Waals surface area contributed by atoms with E-state index < -0.39 is 66.4 Å². The van der Waals surface area contributed by atoms with Gasteiger partial charge in [0, 0.05) is 12.0 Å². The molecule has 0 saturated carbocycles. The number of hydrogen-bond acceptors (Lipinski definition) is 13. The van der Waals surface area contributed by atoms with Crippen molar-refractivity contribution in [2.75, 3.05) is 25.5 Å². The van der Waals surface area contributed by atoms with Crippen LogP contribution in [0.5, 0.6) is 0 Å². The van der Waals surface area contributed by atoms with Crippen LogP contribution in [0.3, 0.4) is 0 Å². The SMILES string of the molecule is CC(C)OC(=O)CCNC(=O)[C@@H]1OP(=O)(OC[C@H]2O[C@@H](n3cnc4c(=O)[nH]c(N)nc43)C(F)(Br)[C@H]2O)OCC1(C)C. The third-order valence-corrected chi connectivity index (χ3v) is 8.49. The van der Waals surface area contributed by atoms with Crippen LogP contribution < -0.4 is 16.6 Å². The van der Waals surface area contributed by atoms with Crippen LogP contribution in [-0.4, -0.2) is 85.3 Å². The van der Waals surface area contributed by atoms with Gasteiger partial charge in [-0.25, -0.2) is 13.9 Å². The molecule has 16 nitrogen and oxygen atoms in total. The van der Waals surface area contributed by atoms with Crippen molar-refractivity contribution in [3.05, 3.63) is 16.7 Å². The van der Waals surface area contributed by atoms with Crippen molar-refractivity contribution in [1.82, 2.24) is 24.8 Å². The van der Waals surface area contributed by atoms with E-state index in [0.29, 0.717) is 0 Å². The number of nitrogens with one attached hydrogen (secondary N) is 2. The number of amides is 1. The highest BCUT2D eigenvalue weighted by atomic mass is 79.9. The summed E-state index contributed by atoms with van der Waals surface area (Å²) >= 11 is 2.82. The number of nitrogen functional groups attached to an aromatic ring is 1. The molecule has 1 amide bonds. The number of carbonyl (C=O) groups excluding carboxylic acids is 2. The number of phosphoric acid groups is 1. The lowest BCUT2D eigenvalue weighted by atomic mass is 9.87. The largest absolute Gasteiger partial charge is 0.475 e. The number of imidazole rings is 1. The van der Waals surface area contributed by atoms with Crippen LogP contribution in [0.1, 0.15) is 40.3 Å². The number of carbonyl (C=O) groups is 2. The van der Waals surface area contributed by atoms with Gasteiger partial charge >= 0.3 is 13.8 Å². The Kier molecular flexibility index (Phi) is 8.95. The fourth-order valence-electron chi connectivity index (χ4n) is 4.18. The average Bonchev–Trinajstić information content (AvgIpc) is 3.37. The highest BCUT2D eigenvalue weighted by molar-refractivity contribution is 9.10. The van der Waals surface area contributed by atoms with E-state index >= 15 is 4.39 Å². The number of hydrogen-bond donors (Lipinski definition) is 4. The Morgan fingerprint density at radius 3 is 2.83 bits per heavy atom. The number of halogens is 2. The van der Waals surface area contributed by atoms with Crippen LogP contribution in [0.15, 0.2) is 11.1 Å². The number of aromatic amines is 1. The van der Waals surface area contributed by atoms with Crippen LogP contribution in [0.4, 0.5) is 10.3 Å². The molecule has 2 aromatic heterocycles. The smallest absolute Gasteiger partial charge is 0.463 e. The monoisotopic (exact) mass is 668 g/mol. The molecule has 228 valence electrons. The lowest BCUT2D eigenvalue weighted by molar-refractivity contribution is -0.147. The van der Waals surface area contributed by atoms with Crippen molar-refractivity contribution >= 4 is 52.7 Å². The number of ether oxygens (including phenoxy) is 2. The van der Waals surface area contributed by atoms with Gasteiger partial charge in [-0.2, -0.15) is 4.98 Å². The number of anilines is 1. The van der Waals surface area contributed by atoms with E-state index in [1.165, 1.54) is 0 Å². The van der Waals surface area contributed by atoms with Gasteiger partial charge in [0.2, 0.25) is 16.4 Å². The minimum atomic E-state index is -4.40. The van der Waals surface area contributed by atoms with Crippen LogP contribution in [0.2, 0.25) is 0 Å². The van der Waals surface area contributed by atoms with Crippen molar-refractivity contribution in [3.63, 3.8) is 0 Å². The summed E-state index contributed by atoms with van der Waals surface area (Å²) in [6.45, 7) is 5.76. The molecule has 0 aromatic carbocycles. The molecule has 6 atom stereocenters. The van der Waals surface area contributed by atoms with E-state index in [-0.39, 0.29) is 42.8 Å². The predicted molar refractivity (Wildman–Crippen MR) is 142 cm³/mol. The topological polar surface area (TPSA) is 219 Å². The Morgan fingerprint density at radius 2 is 2.15 bits per heavy atom. The van der Waals surface area contributed by atoms with Crippen LogP contribution in [-0.2, 0) is 37.2 Å². The van der Waals surface area contributed by atoms with Crippen molar-refractivity contribution in [2.24, 2.45) is 5.41 Å². The fraction of sp³-hybridized carbons (Fsp3) is 0.682. The molecule has 0 aliphatic carbocycles. The zero-order chi connectivity index (χ0) is 30.3. The van der Waals surface area contributed by atoms with Gasteiger partial charge in [-0.15, -0.1) is 0 Å². The number of H-pyrrole nitrogens is 1. The molecule has 2 saturated heterocycles. The second kappa shape index (κ2) is 11.7. The van der Waals surface area contributed by atoms with E-state index in [1.54, 1.807) is 27.7 Å². The molecule has 0 spiro atoms. The van der Waals surface area contributed by atoms with E-state index in [2.05, 4.69) is 36.2 Å². The number of esters is 1. The third kappa shape index (κ3) is 6.63. The minimum Gasteiger partial charge on any atom is -0.463 e. The highest BCUT2D eigenvalue weighted by Gasteiger charge is 2.58. The summed E-state index contributed by atoms with van der Waals surface area (Å²) < 4.78 is 54.2. The summed E-state index contributed by atoms with van der Waals surface area (Å²) in [6, 6.07) is 0. The number of fused-ring (bicyclic) bond motifs is 1. The molecule has 2 aromatic rings. The standard InChI is InChI=1S/C22H31BrFN6O10P/c1-10(2)38-12(31)5-6-26-18(34)15-21(3,4)8-37-41(35,40-15)36-7-11-14(32)22(23,24)19(39-11)30-9-27-13-16(30)28-20(25)29-17(13)33/h9-11,14-15,19,32H,5-8H2,1-4H3,(H,26,34)(H3,25,28,29,33)/t11-,14+,15+,19-,22?,41?/m1/s1. The number of phosphoric ester groups is 1. The second-order valence-corrected chi connectivity index (χ2v) is 13.3. The van der Waals surface area contributed by atoms with Crippen molar-refractivity contribution in [2.45, 2.75) is 69.3 Å². The molecule has 2 fully saturated rings. The quantitative estimate of drug-likeness (QED) is 0.167. The number of rotatable bonds is 9. The Labute approximate surface area is 241 Å². The Bertz CT molecular complexity index is 1420. The Balaban J connectivity index is 1.42. The number of nitrogens with zero attached hydrogens (tertiary/aromatic N) is 3. The van der Waals surface area contributed by atoms with Gasteiger partial charge in [0.15, 0.2) is 23.5 Å². The number of aromatic nitrogens is 4. The first-order valence-corrected chi connectivity index (χ1v) is 14.8. The molecule has 2 unspecified atom stereocenters. The summed E-state index contributed by atoms with van der Waals surface area (Å²) in [4.78, 5) is 46.8. The lowest BCUT2D eigenvalue weighted by Crippen LogP contribution is -2.50. The zero-order valence-corrected chi connectivity index (χ0v) is 25.0. The molecule has 41 heavy (non-hydrogen) atoms. The summed E-state index contributed by atoms with van der Waals surface area (Å²) in [5.41, 5.74) is 3.75. The maximum Gasteiger partial charge on any atom is 0.475 e. The Hall–Kier alpha value is -2.47.